The molecule has 0 aromatic heterocycles. The first-order chi connectivity index (χ1) is 13.2. The molecule has 6 nitrogen and oxygen atoms in total. The Kier molecular flexibility index (Phi) is 5.27. The molecule has 1 amide bonds. The van der Waals surface area contributed by atoms with Gasteiger partial charge in [-0.1, -0.05) is 36.4 Å². The Morgan fingerprint density at radius 2 is 1.96 bits per heavy atom. The van der Waals surface area contributed by atoms with Crippen molar-refractivity contribution in [3.05, 3.63) is 65.2 Å². The molecule has 1 fully saturated rings. The number of β-amino-alcohol motifs (C(OH)–C–C–N with tert-alkyl or cyclic N) is 1. The predicted octanol–water partition coefficient (Wildman–Crippen LogP) is 2.87. The maximum Gasteiger partial charge on any atom is 0.410 e. The fourth-order valence-electron chi connectivity index (χ4n) is 3.42. The summed E-state index contributed by atoms with van der Waals surface area (Å²) >= 11 is 0. The zero-order valence-electron chi connectivity index (χ0n) is 15.0. The first-order valence-corrected chi connectivity index (χ1v) is 9.19. The Bertz CT molecular complexity index is 794. The van der Waals surface area contributed by atoms with Gasteiger partial charge in [-0.15, -0.1) is 0 Å². The first-order valence-electron chi connectivity index (χ1n) is 9.19. The monoisotopic (exact) mass is 369 g/mol. The molecular formula is C21H23NO5. The standard InChI is InChI=1S/C21H23NO5/c23-19-11-22(21(24)26-12-15-4-2-1-3-5-15)9-8-20(19)27-18-7-6-16-13-25-14-17(16)10-18/h1-7,10,19-20,23H,8-9,11-14H2. The highest BCUT2D eigenvalue weighted by atomic mass is 16.6. The number of fused-ring (bicyclic) bond motifs is 1. The molecule has 0 aliphatic carbocycles. The molecule has 27 heavy (non-hydrogen) atoms. The number of ether oxygens (including phenoxy) is 3. The number of rotatable bonds is 4. The smallest absolute Gasteiger partial charge is 0.410 e. The molecule has 2 aromatic carbocycles. The van der Waals surface area contributed by atoms with Gasteiger partial charge in [0.1, 0.15) is 24.6 Å². The summed E-state index contributed by atoms with van der Waals surface area (Å²) in [5.41, 5.74) is 3.24. The minimum atomic E-state index is -0.757. The molecule has 1 saturated heterocycles. The van der Waals surface area contributed by atoms with Crippen molar-refractivity contribution in [2.75, 3.05) is 13.1 Å². The van der Waals surface area contributed by atoms with Crippen molar-refractivity contribution in [1.29, 1.82) is 0 Å². The van der Waals surface area contributed by atoms with Crippen LogP contribution < -0.4 is 4.74 Å². The highest BCUT2D eigenvalue weighted by molar-refractivity contribution is 5.67. The van der Waals surface area contributed by atoms with E-state index in [2.05, 4.69) is 0 Å². The SMILES string of the molecule is O=C(OCc1ccccc1)N1CCC(Oc2ccc3c(c2)COC3)C(O)C1. The number of piperidine rings is 1. The van der Waals surface area contributed by atoms with Crippen molar-refractivity contribution in [3.63, 3.8) is 0 Å². The highest BCUT2D eigenvalue weighted by Crippen LogP contribution is 2.27. The van der Waals surface area contributed by atoms with Crippen LogP contribution in [0.15, 0.2) is 48.5 Å². The fraction of sp³-hybridized carbons (Fsp3) is 0.381. The average molecular weight is 369 g/mol. The van der Waals surface area contributed by atoms with E-state index in [1.54, 1.807) is 0 Å². The van der Waals surface area contributed by atoms with E-state index >= 15 is 0 Å². The minimum Gasteiger partial charge on any atom is -0.488 e. The molecule has 0 spiro atoms. The molecule has 4 rings (SSSR count). The Morgan fingerprint density at radius 3 is 2.78 bits per heavy atom. The molecule has 142 valence electrons. The van der Waals surface area contributed by atoms with Crippen molar-refractivity contribution < 1.29 is 24.1 Å². The van der Waals surface area contributed by atoms with Gasteiger partial charge >= 0.3 is 6.09 Å². The molecule has 0 saturated carbocycles. The van der Waals surface area contributed by atoms with E-state index in [-0.39, 0.29) is 19.3 Å². The highest BCUT2D eigenvalue weighted by Gasteiger charge is 2.32. The summed E-state index contributed by atoms with van der Waals surface area (Å²) in [6, 6.07) is 15.4. The van der Waals surface area contributed by atoms with Crippen LogP contribution in [0.1, 0.15) is 23.1 Å². The van der Waals surface area contributed by atoms with Gasteiger partial charge < -0.3 is 24.2 Å². The van der Waals surface area contributed by atoms with Crippen LogP contribution in [0.25, 0.3) is 0 Å². The number of hydrogen-bond acceptors (Lipinski definition) is 5. The maximum atomic E-state index is 12.2. The molecule has 2 aliphatic heterocycles. The van der Waals surface area contributed by atoms with E-state index in [0.717, 1.165) is 16.9 Å². The molecular weight excluding hydrogens is 346 g/mol. The predicted molar refractivity (Wildman–Crippen MR) is 98.2 cm³/mol. The number of aliphatic hydroxyl groups excluding tert-OH is 1. The summed E-state index contributed by atoms with van der Waals surface area (Å²) in [5.74, 6) is 0.725. The Morgan fingerprint density at radius 1 is 1.15 bits per heavy atom. The summed E-state index contributed by atoms with van der Waals surface area (Å²) in [6.07, 6.45) is -0.961. The number of carbonyl (C=O) groups is 1. The third kappa shape index (κ3) is 4.23. The van der Waals surface area contributed by atoms with Gasteiger partial charge in [0, 0.05) is 13.0 Å². The normalized spacial score (nSPS) is 21.6. The molecule has 1 N–H and O–H groups in total. The zero-order valence-corrected chi connectivity index (χ0v) is 15.0. The zero-order chi connectivity index (χ0) is 18.6. The third-order valence-electron chi connectivity index (χ3n) is 4.96. The Hall–Kier alpha value is -2.57. The van der Waals surface area contributed by atoms with Gasteiger partial charge in [-0.25, -0.2) is 4.79 Å². The van der Waals surface area contributed by atoms with Crippen LogP contribution >= 0.6 is 0 Å². The van der Waals surface area contributed by atoms with Gasteiger partial charge in [-0.2, -0.15) is 0 Å². The van der Waals surface area contributed by atoms with Gasteiger partial charge in [-0.05, 0) is 28.8 Å². The number of benzene rings is 2. The number of carbonyl (C=O) groups excluding carboxylic acids is 1. The summed E-state index contributed by atoms with van der Waals surface area (Å²) in [4.78, 5) is 13.8. The van der Waals surface area contributed by atoms with Crippen molar-refractivity contribution in [3.8, 4) is 5.75 Å². The van der Waals surface area contributed by atoms with E-state index in [1.807, 2.05) is 48.5 Å². The lowest BCUT2D eigenvalue weighted by atomic mass is 10.0. The molecule has 2 unspecified atom stereocenters. The maximum absolute atomic E-state index is 12.2. The van der Waals surface area contributed by atoms with Crippen molar-refractivity contribution in [1.82, 2.24) is 4.90 Å². The van der Waals surface area contributed by atoms with Crippen LogP contribution in [0.2, 0.25) is 0 Å². The summed E-state index contributed by atoms with van der Waals surface area (Å²) < 4.78 is 16.7. The molecule has 2 heterocycles. The average Bonchev–Trinajstić information content (AvgIpc) is 3.16. The van der Waals surface area contributed by atoms with E-state index in [1.165, 1.54) is 10.5 Å². The molecule has 6 heteroatoms. The van der Waals surface area contributed by atoms with E-state index < -0.39 is 12.2 Å². The lowest BCUT2D eigenvalue weighted by molar-refractivity contribution is -0.0253. The second kappa shape index (κ2) is 7.98. The summed E-state index contributed by atoms with van der Waals surface area (Å²) in [7, 11) is 0. The lowest BCUT2D eigenvalue weighted by Crippen LogP contribution is -2.51. The van der Waals surface area contributed by atoms with Gasteiger partial charge in [0.05, 0.1) is 19.8 Å². The second-order valence-corrected chi connectivity index (χ2v) is 6.92. The number of aliphatic hydroxyl groups is 1. The van der Waals surface area contributed by atoms with Crippen LogP contribution in [0.4, 0.5) is 4.79 Å². The molecule has 2 aromatic rings. The van der Waals surface area contributed by atoms with E-state index in [4.69, 9.17) is 14.2 Å². The van der Waals surface area contributed by atoms with Crippen molar-refractivity contribution in [2.45, 2.75) is 38.4 Å². The minimum absolute atomic E-state index is 0.201. The van der Waals surface area contributed by atoms with Crippen LogP contribution in [0, 0.1) is 0 Å². The van der Waals surface area contributed by atoms with Crippen LogP contribution in [0.3, 0.4) is 0 Å². The van der Waals surface area contributed by atoms with E-state index in [9.17, 15) is 9.90 Å². The first kappa shape index (κ1) is 17.8. The van der Waals surface area contributed by atoms with Gasteiger partial charge in [0.25, 0.3) is 0 Å². The molecule has 2 aliphatic rings. The number of amides is 1. The summed E-state index contributed by atoms with van der Waals surface area (Å²) in [6.45, 7) is 2.15. The number of hydrogen-bond donors (Lipinski definition) is 1. The molecule has 0 bridgehead atoms. The number of likely N-dealkylation sites (tertiary alicyclic amines) is 1. The Balaban J connectivity index is 1.29. The second-order valence-electron chi connectivity index (χ2n) is 6.92. The van der Waals surface area contributed by atoms with Gasteiger partial charge in [0.2, 0.25) is 0 Å². The molecule has 2 atom stereocenters. The molecule has 0 radical (unpaired) electrons. The fourth-order valence-corrected chi connectivity index (χ4v) is 3.42. The Labute approximate surface area is 158 Å². The van der Waals surface area contributed by atoms with Gasteiger partial charge in [0.15, 0.2) is 0 Å². The van der Waals surface area contributed by atoms with Crippen molar-refractivity contribution in [2.24, 2.45) is 0 Å². The largest absolute Gasteiger partial charge is 0.488 e. The number of nitrogens with zero attached hydrogens (tertiary/aromatic N) is 1. The van der Waals surface area contributed by atoms with E-state index in [0.29, 0.717) is 26.2 Å². The van der Waals surface area contributed by atoms with Crippen LogP contribution in [0.5, 0.6) is 5.75 Å². The van der Waals surface area contributed by atoms with Crippen LogP contribution in [-0.2, 0) is 29.3 Å². The third-order valence-corrected chi connectivity index (χ3v) is 4.96. The summed E-state index contributed by atoms with van der Waals surface area (Å²) in [5, 5.41) is 10.4. The van der Waals surface area contributed by atoms with Crippen LogP contribution in [-0.4, -0.2) is 41.4 Å². The topological polar surface area (TPSA) is 68.2 Å². The van der Waals surface area contributed by atoms with Gasteiger partial charge in [-0.3, -0.25) is 0 Å². The lowest BCUT2D eigenvalue weighted by Gasteiger charge is -2.35. The quantitative estimate of drug-likeness (QED) is 0.898. The van der Waals surface area contributed by atoms with Crippen molar-refractivity contribution >= 4 is 6.09 Å².